The van der Waals surface area contributed by atoms with E-state index in [0.29, 0.717) is 24.1 Å². The van der Waals surface area contributed by atoms with Crippen LogP contribution in [-0.4, -0.2) is 26.9 Å². The molecule has 0 saturated heterocycles. The van der Waals surface area contributed by atoms with Crippen LogP contribution in [0.4, 0.5) is 0 Å². The van der Waals surface area contributed by atoms with Crippen molar-refractivity contribution in [3.63, 3.8) is 0 Å². The number of amides is 1. The highest BCUT2D eigenvalue weighted by molar-refractivity contribution is 7.89. The molecule has 1 amide bonds. The first-order valence-corrected chi connectivity index (χ1v) is 9.96. The normalized spacial score (nSPS) is 12.6. The highest BCUT2D eigenvalue weighted by Crippen LogP contribution is 2.16. The fraction of sp³-hybridized carbons (Fsp3) is 0.316. The van der Waals surface area contributed by atoms with E-state index in [-0.39, 0.29) is 23.4 Å². The first-order chi connectivity index (χ1) is 12.3. The third-order valence-corrected chi connectivity index (χ3v) is 5.36. The standard InChI is InChI=1S/C19H25N3O3S/c1-14-8-9-17(12-18(14)19(23)21-11-10-15(2)20)26(24,25)22-13-16-6-4-3-5-7-16/h3-9,12,15,22H,10-11,13,20H2,1-2H3,(H,21,23). The molecule has 0 aromatic heterocycles. The third-order valence-electron chi connectivity index (χ3n) is 3.96. The van der Waals surface area contributed by atoms with E-state index < -0.39 is 10.0 Å². The van der Waals surface area contributed by atoms with E-state index in [1.54, 1.807) is 13.0 Å². The molecule has 0 fully saturated rings. The van der Waals surface area contributed by atoms with Gasteiger partial charge >= 0.3 is 0 Å². The minimum absolute atomic E-state index is 0.00899. The Bertz CT molecular complexity index is 850. The van der Waals surface area contributed by atoms with Crippen molar-refractivity contribution in [3.05, 3.63) is 65.2 Å². The number of benzene rings is 2. The van der Waals surface area contributed by atoms with Crippen molar-refractivity contribution < 1.29 is 13.2 Å². The number of nitrogens with one attached hydrogen (secondary N) is 2. The Morgan fingerprint density at radius 2 is 1.85 bits per heavy atom. The number of sulfonamides is 1. The Kier molecular flexibility index (Phi) is 6.90. The fourth-order valence-electron chi connectivity index (χ4n) is 2.38. The van der Waals surface area contributed by atoms with Crippen molar-refractivity contribution in [3.8, 4) is 0 Å². The van der Waals surface area contributed by atoms with Gasteiger partial charge < -0.3 is 11.1 Å². The van der Waals surface area contributed by atoms with E-state index in [4.69, 9.17) is 5.73 Å². The van der Waals surface area contributed by atoms with Gasteiger partial charge in [-0.1, -0.05) is 36.4 Å². The van der Waals surface area contributed by atoms with Gasteiger partial charge in [0.1, 0.15) is 0 Å². The van der Waals surface area contributed by atoms with Crippen LogP contribution in [-0.2, 0) is 16.6 Å². The predicted molar refractivity (Wildman–Crippen MR) is 102 cm³/mol. The van der Waals surface area contributed by atoms with Crippen molar-refractivity contribution in [2.24, 2.45) is 5.73 Å². The summed E-state index contributed by atoms with van der Waals surface area (Å²) in [5, 5.41) is 2.77. The molecule has 140 valence electrons. The van der Waals surface area contributed by atoms with Gasteiger partial charge in [0.05, 0.1) is 4.90 Å². The third kappa shape index (κ3) is 5.66. The summed E-state index contributed by atoms with van der Waals surface area (Å²) in [4.78, 5) is 12.4. The Morgan fingerprint density at radius 3 is 2.50 bits per heavy atom. The molecule has 0 radical (unpaired) electrons. The highest BCUT2D eigenvalue weighted by Gasteiger charge is 2.18. The molecular formula is C19H25N3O3S. The zero-order chi connectivity index (χ0) is 19.2. The minimum atomic E-state index is -3.72. The average molecular weight is 375 g/mol. The lowest BCUT2D eigenvalue weighted by Gasteiger charge is -2.12. The molecule has 0 heterocycles. The van der Waals surface area contributed by atoms with Crippen LogP contribution in [0, 0.1) is 6.92 Å². The molecule has 0 bridgehead atoms. The molecule has 2 aromatic carbocycles. The Labute approximate surface area is 154 Å². The zero-order valence-electron chi connectivity index (χ0n) is 15.0. The summed E-state index contributed by atoms with van der Waals surface area (Å²) in [7, 11) is -3.72. The van der Waals surface area contributed by atoms with Crippen molar-refractivity contribution >= 4 is 15.9 Å². The van der Waals surface area contributed by atoms with Gasteiger partial charge in [-0.25, -0.2) is 13.1 Å². The van der Waals surface area contributed by atoms with Crippen molar-refractivity contribution in [2.75, 3.05) is 6.54 Å². The van der Waals surface area contributed by atoms with Crippen molar-refractivity contribution in [1.29, 1.82) is 0 Å². The van der Waals surface area contributed by atoms with E-state index in [9.17, 15) is 13.2 Å². The molecule has 26 heavy (non-hydrogen) atoms. The first-order valence-electron chi connectivity index (χ1n) is 8.47. The Hall–Kier alpha value is -2.22. The summed E-state index contributed by atoms with van der Waals surface area (Å²) >= 11 is 0. The first kappa shape index (κ1) is 20.1. The molecule has 1 atom stereocenters. The molecule has 1 unspecified atom stereocenters. The number of nitrogens with two attached hydrogens (primary N) is 1. The zero-order valence-corrected chi connectivity index (χ0v) is 15.8. The van der Waals surface area contributed by atoms with Crippen molar-refractivity contribution in [2.45, 2.75) is 37.8 Å². The number of aryl methyl sites for hydroxylation is 1. The molecule has 6 nitrogen and oxygen atoms in total. The van der Waals surface area contributed by atoms with Gasteiger partial charge in [-0.2, -0.15) is 0 Å². The molecule has 0 spiro atoms. The SMILES string of the molecule is Cc1ccc(S(=O)(=O)NCc2ccccc2)cc1C(=O)NCCC(C)N. The topological polar surface area (TPSA) is 101 Å². The smallest absolute Gasteiger partial charge is 0.251 e. The molecule has 2 rings (SSSR count). The van der Waals surface area contributed by atoms with Crippen LogP contribution in [0.25, 0.3) is 0 Å². The maximum absolute atomic E-state index is 12.5. The molecular weight excluding hydrogens is 350 g/mol. The number of carbonyl (C=O) groups is 1. The lowest BCUT2D eigenvalue weighted by molar-refractivity contribution is 0.0952. The lowest BCUT2D eigenvalue weighted by Crippen LogP contribution is -2.30. The molecule has 4 N–H and O–H groups in total. The van der Waals surface area contributed by atoms with Crippen LogP contribution in [0.5, 0.6) is 0 Å². The number of hydrogen-bond acceptors (Lipinski definition) is 4. The largest absolute Gasteiger partial charge is 0.352 e. The summed E-state index contributed by atoms with van der Waals surface area (Å²) in [6.45, 7) is 4.27. The summed E-state index contributed by atoms with van der Waals surface area (Å²) in [6, 6.07) is 13.8. The molecule has 7 heteroatoms. The maximum atomic E-state index is 12.5. The monoisotopic (exact) mass is 375 g/mol. The van der Waals surface area contributed by atoms with Crippen LogP contribution in [0.15, 0.2) is 53.4 Å². The van der Waals surface area contributed by atoms with Crippen LogP contribution in [0.2, 0.25) is 0 Å². The minimum Gasteiger partial charge on any atom is -0.352 e. The number of rotatable bonds is 8. The lowest BCUT2D eigenvalue weighted by atomic mass is 10.1. The second-order valence-electron chi connectivity index (χ2n) is 6.31. The van der Waals surface area contributed by atoms with Gasteiger partial charge in [0.15, 0.2) is 0 Å². The summed E-state index contributed by atoms with van der Waals surface area (Å²) in [5.41, 5.74) is 7.59. The summed E-state index contributed by atoms with van der Waals surface area (Å²) < 4.78 is 27.6. The summed E-state index contributed by atoms with van der Waals surface area (Å²) in [5.74, 6) is -0.303. The number of hydrogen-bond donors (Lipinski definition) is 3. The van der Waals surface area contributed by atoms with E-state index in [2.05, 4.69) is 10.0 Å². The maximum Gasteiger partial charge on any atom is 0.251 e. The highest BCUT2D eigenvalue weighted by atomic mass is 32.2. The fourth-order valence-corrected chi connectivity index (χ4v) is 3.42. The van der Waals surface area contributed by atoms with E-state index in [0.717, 1.165) is 5.56 Å². The van der Waals surface area contributed by atoms with Crippen molar-refractivity contribution in [1.82, 2.24) is 10.0 Å². The second kappa shape index (κ2) is 8.93. The van der Waals surface area contributed by atoms with Gasteiger partial charge in [0.2, 0.25) is 10.0 Å². The van der Waals surface area contributed by atoms with Crippen LogP contribution in [0.3, 0.4) is 0 Å². The van der Waals surface area contributed by atoms with Gasteiger partial charge in [0.25, 0.3) is 5.91 Å². The van der Waals surface area contributed by atoms with E-state index >= 15 is 0 Å². The predicted octanol–water partition coefficient (Wildman–Crippen LogP) is 1.94. The van der Waals surface area contributed by atoms with Gasteiger partial charge in [-0.05, 0) is 43.5 Å². The number of carbonyl (C=O) groups excluding carboxylic acids is 1. The van der Waals surface area contributed by atoms with Crippen LogP contribution in [0.1, 0.15) is 34.8 Å². The van der Waals surface area contributed by atoms with Crippen LogP contribution >= 0.6 is 0 Å². The molecule has 2 aromatic rings. The van der Waals surface area contributed by atoms with Gasteiger partial charge in [-0.3, -0.25) is 4.79 Å². The molecule has 0 aliphatic heterocycles. The average Bonchev–Trinajstić information content (AvgIpc) is 2.60. The van der Waals surface area contributed by atoms with E-state index in [1.807, 2.05) is 37.3 Å². The van der Waals surface area contributed by atoms with Crippen LogP contribution < -0.4 is 15.8 Å². The quantitative estimate of drug-likeness (QED) is 0.656. The van der Waals surface area contributed by atoms with E-state index in [1.165, 1.54) is 12.1 Å². The van der Waals surface area contributed by atoms with Gasteiger partial charge in [0, 0.05) is 24.7 Å². The Balaban J connectivity index is 2.12. The Morgan fingerprint density at radius 1 is 1.15 bits per heavy atom. The summed E-state index contributed by atoms with van der Waals surface area (Å²) in [6.07, 6.45) is 0.654. The molecule has 0 saturated carbocycles. The van der Waals surface area contributed by atoms with Gasteiger partial charge in [-0.15, -0.1) is 0 Å². The second-order valence-corrected chi connectivity index (χ2v) is 8.08. The molecule has 0 aliphatic carbocycles. The molecule has 0 aliphatic rings.